The van der Waals surface area contributed by atoms with Crippen LogP contribution in [0.4, 0.5) is 0 Å². The summed E-state index contributed by atoms with van der Waals surface area (Å²) in [6, 6.07) is 0. The predicted molar refractivity (Wildman–Crippen MR) is 75.8 cm³/mol. The Morgan fingerprint density at radius 1 is 1.16 bits per heavy atom. The standard InChI is InChI=1S/C16H28O3/c1-15(2,3)19-14(18)16(4,5)11-10-12-6-8-13(17)9-7-12/h12H,6-11H2,1-5H3. The van der Waals surface area contributed by atoms with Crippen LogP contribution in [0, 0.1) is 11.3 Å². The van der Waals surface area contributed by atoms with Gasteiger partial charge in [-0.2, -0.15) is 0 Å². The van der Waals surface area contributed by atoms with Crippen LogP contribution in [0.1, 0.15) is 73.1 Å². The van der Waals surface area contributed by atoms with Gasteiger partial charge in [0.2, 0.25) is 0 Å². The molecule has 0 unspecified atom stereocenters. The Balaban J connectivity index is 2.41. The molecule has 0 radical (unpaired) electrons. The van der Waals surface area contributed by atoms with Crippen LogP contribution in [0.3, 0.4) is 0 Å². The van der Waals surface area contributed by atoms with E-state index in [2.05, 4.69) is 0 Å². The summed E-state index contributed by atoms with van der Waals surface area (Å²) in [6.07, 6.45) is 5.27. The molecule has 0 aliphatic heterocycles. The van der Waals surface area contributed by atoms with E-state index in [4.69, 9.17) is 4.74 Å². The molecule has 0 saturated heterocycles. The highest BCUT2D eigenvalue weighted by Gasteiger charge is 2.33. The minimum Gasteiger partial charge on any atom is -0.460 e. The van der Waals surface area contributed by atoms with Gasteiger partial charge in [-0.25, -0.2) is 0 Å². The molecule has 0 aromatic carbocycles. The Hall–Kier alpha value is -0.860. The van der Waals surface area contributed by atoms with E-state index >= 15 is 0 Å². The summed E-state index contributed by atoms with van der Waals surface area (Å²) in [4.78, 5) is 23.3. The average Bonchev–Trinajstić information content (AvgIpc) is 2.26. The van der Waals surface area contributed by atoms with Crippen LogP contribution in [0.15, 0.2) is 0 Å². The predicted octanol–water partition coefficient (Wildman–Crippen LogP) is 3.89. The zero-order valence-corrected chi connectivity index (χ0v) is 13.0. The SMILES string of the molecule is CC(C)(C)OC(=O)C(C)(C)CCC1CCC(=O)CC1. The lowest BCUT2D eigenvalue weighted by Crippen LogP contribution is -2.34. The van der Waals surface area contributed by atoms with Gasteiger partial charge in [-0.1, -0.05) is 0 Å². The Labute approximate surface area is 117 Å². The molecule has 3 heteroatoms. The smallest absolute Gasteiger partial charge is 0.312 e. The monoisotopic (exact) mass is 268 g/mol. The molecule has 0 spiro atoms. The Morgan fingerprint density at radius 3 is 2.16 bits per heavy atom. The number of hydrogen-bond donors (Lipinski definition) is 0. The second kappa shape index (κ2) is 6.06. The molecule has 0 bridgehead atoms. The third-order valence-corrected chi connectivity index (χ3v) is 3.79. The molecular formula is C16H28O3. The summed E-state index contributed by atoms with van der Waals surface area (Å²) >= 11 is 0. The fourth-order valence-corrected chi connectivity index (χ4v) is 2.37. The molecule has 0 N–H and O–H groups in total. The van der Waals surface area contributed by atoms with Gasteiger partial charge >= 0.3 is 5.97 Å². The van der Waals surface area contributed by atoms with Crippen molar-refractivity contribution in [2.45, 2.75) is 78.7 Å². The van der Waals surface area contributed by atoms with Gasteiger partial charge in [0.05, 0.1) is 5.41 Å². The van der Waals surface area contributed by atoms with E-state index in [1.807, 2.05) is 34.6 Å². The van der Waals surface area contributed by atoms with Crippen LogP contribution in [-0.4, -0.2) is 17.4 Å². The third kappa shape index (κ3) is 5.75. The van der Waals surface area contributed by atoms with Crippen LogP contribution < -0.4 is 0 Å². The Kier molecular flexibility index (Phi) is 5.17. The van der Waals surface area contributed by atoms with E-state index in [9.17, 15) is 9.59 Å². The molecule has 1 saturated carbocycles. The molecule has 0 aromatic rings. The fraction of sp³-hybridized carbons (Fsp3) is 0.875. The average molecular weight is 268 g/mol. The summed E-state index contributed by atoms with van der Waals surface area (Å²) in [6.45, 7) is 9.60. The largest absolute Gasteiger partial charge is 0.460 e. The first kappa shape index (κ1) is 16.2. The fourth-order valence-electron chi connectivity index (χ4n) is 2.37. The lowest BCUT2D eigenvalue weighted by atomic mass is 9.79. The van der Waals surface area contributed by atoms with Crippen molar-refractivity contribution in [2.24, 2.45) is 11.3 Å². The van der Waals surface area contributed by atoms with Crippen molar-refractivity contribution in [1.29, 1.82) is 0 Å². The molecule has 1 rings (SSSR count). The number of carbonyl (C=O) groups excluding carboxylic acids is 2. The maximum atomic E-state index is 12.1. The zero-order valence-electron chi connectivity index (χ0n) is 13.0. The molecule has 0 amide bonds. The molecule has 19 heavy (non-hydrogen) atoms. The van der Waals surface area contributed by atoms with Crippen molar-refractivity contribution in [3.05, 3.63) is 0 Å². The van der Waals surface area contributed by atoms with Crippen molar-refractivity contribution in [2.75, 3.05) is 0 Å². The Bertz CT molecular complexity index is 326. The summed E-state index contributed by atoms with van der Waals surface area (Å²) in [5, 5.41) is 0. The van der Waals surface area contributed by atoms with Crippen LogP contribution in [0.2, 0.25) is 0 Å². The minimum atomic E-state index is -0.436. The van der Waals surface area contributed by atoms with Crippen molar-refractivity contribution in [1.82, 2.24) is 0 Å². The topological polar surface area (TPSA) is 43.4 Å². The molecule has 110 valence electrons. The molecule has 0 heterocycles. The minimum absolute atomic E-state index is 0.119. The van der Waals surface area contributed by atoms with E-state index in [1.165, 1.54) is 0 Å². The van der Waals surface area contributed by atoms with Gasteiger partial charge in [0.25, 0.3) is 0 Å². The quantitative estimate of drug-likeness (QED) is 0.726. The Morgan fingerprint density at radius 2 is 1.68 bits per heavy atom. The van der Waals surface area contributed by atoms with Crippen LogP contribution in [0.25, 0.3) is 0 Å². The lowest BCUT2D eigenvalue weighted by Gasteiger charge is -2.30. The van der Waals surface area contributed by atoms with E-state index in [-0.39, 0.29) is 5.97 Å². The normalized spacial score (nSPS) is 18.5. The number of ether oxygens (including phenoxy) is 1. The first-order valence-corrected chi connectivity index (χ1v) is 7.35. The third-order valence-electron chi connectivity index (χ3n) is 3.79. The first-order chi connectivity index (χ1) is 8.60. The van der Waals surface area contributed by atoms with Crippen molar-refractivity contribution in [3.8, 4) is 0 Å². The van der Waals surface area contributed by atoms with Crippen LogP contribution in [0.5, 0.6) is 0 Å². The van der Waals surface area contributed by atoms with Gasteiger partial charge in [0.15, 0.2) is 0 Å². The summed E-state index contributed by atoms with van der Waals surface area (Å²) < 4.78 is 5.47. The van der Waals surface area contributed by atoms with Crippen LogP contribution in [-0.2, 0) is 14.3 Å². The van der Waals surface area contributed by atoms with Gasteiger partial charge in [0, 0.05) is 12.8 Å². The van der Waals surface area contributed by atoms with Crippen LogP contribution >= 0.6 is 0 Å². The maximum Gasteiger partial charge on any atom is 0.312 e. The summed E-state index contributed by atoms with van der Waals surface area (Å²) in [5.74, 6) is 0.869. The van der Waals surface area contributed by atoms with Gasteiger partial charge in [-0.05, 0) is 66.2 Å². The van der Waals surface area contributed by atoms with Crippen molar-refractivity contribution in [3.63, 3.8) is 0 Å². The maximum absolute atomic E-state index is 12.1. The summed E-state index contributed by atoms with van der Waals surface area (Å²) in [5.41, 5.74) is -0.861. The van der Waals surface area contributed by atoms with E-state index in [1.54, 1.807) is 0 Å². The molecule has 1 fully saturated rings. The number of esters is 1. The van der Waals surface area contributed by atoms with E-state index < -0.39 is 11.0 Å². The van der Waals surface area contributed by atoms with Crippen molar-refractivity contribution >= 4 is 11.8 Å². The molecule has 1 aliphatic rings. The van der Waals surface area contributed by atoms with Crippen molar-refractivity contribution < 1.29 is 14.3 Å². The number of rotatable bonds is 4. The molecular weight excluding hydrogens is 240 g/mol. The lowest BCUT2D eigenvalue weighted by molar-refractivity contribution is -0.166. The highest BCUT2D eigenvalue weighted by molar-refractivity contribution is 5.79. The number of Topliss-reactive ketones (excluding diaryl/α,β-unsaturated/α-hetero) is 1. The highest BCUT2D eigenvalue weighted by atomic mass is 16.6. The molecule has 1 aliphatic carbocycles. The van der Waals surface area contributed by atoms with E-state index in [0.29, 0.717) is 11.7 Å². The zero-order chi connectivity index (χ0) is 14.7. The van der Waals surface area contributed by atoms with Gasteiger partial charge < -0.3 is 4.74 Å². The van der Waals surface area contributed by atoms with E-state index in [0.717, 1.165) is 38.5 Å². The van der Waals surface area contributed by atoms with Gasteiger partial charge in [-0.15, -0.1) is 0 Å². The molecule has 0 atom stereocenters. The molecule has 3 nitrogen and oxygen atoms in total. The van der Waals surface area contributed by atoms with Gasteiger partial charge in [0.1, 0.15) is 11.4 Å². The number of carbonyl (C=O) groups is 2. The number of hydrogen-bond acceptors (Lipinski definition) is 3. The first-order valence-electron chi connectivity index (χ1n) is 7.35. The number of ketones is 1. The van der Waals surface area contributed by atoms with Gasteiger partial charge in [-0.3, -0.25) is 9.59 Å². The highest BCUT2D eigenvalue weighted by Crippen LogP contribution is 2.33. The second-order valence-corrected chi connectivity index (χ2v) is 7.41. The second-order valence-electron chi connectivity index (χ2n) is 7.41. The molecule has 0 aromatic heterocycles. The summed E-state index contributed by atoms with van der Waals surface area (Å²) in [7, 11) is 0.